The molecular weight excluding hydrogens is 354 g/mol. The van der Waals surface area contributed by atoms with Crippen molar-refractivity contribution < 1.29 is 9.90 Å². The first-order chi connectivity index (χ1) is 12.5. The first kappa shape index (κ1) is 16.5. The lowest BCUT2D eigenvalue weighted by molar-refractivity contribution is 0.0690. The van der Waals surface area contributed by atoms with Crippen LogP contribution in [-0.2, 0) is 7.05 Å². The average Bonchev–Trinajstić information content (AvgIpc) is 3.16. The minimum Gasteiger partial charge on any atom is -0.477 e. The van der Waals surface area contributed by atoms with Gasteiger partial charge in [0, 0.05) is 33.2 Å². The van der Waals surface area contributed by atoms with E-state index in [1.54, 1.807) is 12.3 Å². The van der Waals surface area contributed by atoms with Crippen LogP contribution in [0.2, 0.25) is 0 Å². The van der Waals surface area contributed by atoms with E-state index >= 15 is 0 Å². The van der Waals surface area contributed by atoms with Gasteiger partial charge in [0.1, 0.15) is 10.4 Å². The molecule has 134 valence electrons. The van der Waals surface area contributed by atoms with Gasteiger partial charge in [0.15, 0.2) is 0 Å². The second-order valence-corrected chi connectivity index (χ2v) is 7.01. The van der Waals surface area contributed by atoms with Gasteiger partial charge in [-0.25, -0.2) is 9.78 Å². The van der Waals surface area contributed by atoms with Gasteiger partial charge in [-0.2, -0.15) is 4.98 Å². The van der Waals surface area contributed by atoms with Gasteiger partial charge in [0.05, 0.1) is 17.4 Å². The van der Waals surface area contributed by atoms with Gasteiger partial charge in [-0.3, -0.25) is 4.79 Å². The summed E-state index contributed by atoms with van der Waals surface area (Å²) in [5.74, 6) is -0.350. The molecule has 1 aliphatic rings. The van der Waals surface area contributed by atoms with E-state index in [-0.39, 0.29) is 11.3 Å². The molecule has 8 nitrogen and oxygen atoms in total. The lowest BCUT2D eigenvalue weighted by Crippen LogP contribution is -2.48. The molecular formula is C17H17N5O3S. The number of carboxylic acid groups (broad SMARTS) is 1. The third-order valence-electron chi connectivity index (χ3n) is 4.60. The summed E-state index contributed by atoms with van der Waals surface area (Å²) in [5, 5.41) is 10.8. The summed E-state index contributed by atoms with van der Waals surface area (Å²) in [4.78, 5) is 35.6. The minimum atomic E-state index is -1.03. The van der Waals surface area contributed by atoms with Gasteiger partial charge >= 0.3 is 5.97 Å². The largest absolute Gasteiger partial charge is 0.477 e. The Morgan fingerprint density at radius 3 is 2.54 bits per heavy atom. The second kappa shape index (κ2) is 6.41. The van der Waals surface area contributed by atoms with Crippen LogP contribution in [0.4, 0.5) is 11.6 Å². The van der Waals surface area contributed by atoms with Crippen LogP contribution in [0, 0.1) is 0 Å². The highest BCUT2D eigenvalue weighted by Gasteiger charge is 2.22. The monoisotopic (exact) mass is 371 g/mol. The lowest BCUT2D eigenvalue weighted by atomic mass is 10.2. The van der Waals surface area contributed by atoms with E-state index in [0.717, 1.165) is 37.4 Å². The molecule has 0 bridgehead atoms. The Hall–Kier alpha value is -2.94. The fourth-order valence-electron chi connectivity index (χ4n) is 3.20. The summed E-state index contributed by atoms with van der Waals surface area (Å²) in [6, 6.07) is 5.23. The molecule has 4 rings (SSSR count). The van der Waals surface area contributed by atoms with Crippen molar-refractivity contribution >= 4 is 39.2 Å². The molecule has 3 aromatic rings. The van der Waals surface area contributed by atoms with Gasteiger partial charge in [0.2, 0.25) is 5.95 Å². The smallest absolute Gasteiger partial charge is 0.354 e. The van der Waals surface area contributed by atoms with Crippen molar-refractivity contribution in [2.75, 3.05) is 36.0 Å². The second-order valence-electron chi connectivity index (χ2n) is 6.09. The normalized spacial score (nSPS) is 14.8. The van der Waals surface area contributed by atoms with Gasteiger partial charge in [-0.1, -0.05) is 0 Å². The molecule has 0 radical (unpaired) electrons. The first-order valence-corrected chi connectivity index (χ1v) is 9.06. The van der Waals surface area contributed by atoms with Crippen LogP contribution in [0.3, 0.4) is 0 Å². The van der Waals surface area contributed by atoms with Gasteiger partial charge < -0.3 is 19.5 Å². The Labute approximate surface area is 153 Å². The number of aromatic carboxylic acids is 1. The number of nitrogens with zero attached hydrogens (tertiary/aromatic N) is 5. The van der Waals surface area contributed by atoms with Crippen molar-refractivity contribution in [3.05, 3.63) is 45.8 Å². The number of pyridine rings is 1. The number of thiophene rings is 1. The highest BCUT2D eigenvalue weighted by atomic mass is 32.1. The van der Waals surface area contributed by atoms with Crippen LogP contribution >= 0.6 is 11.3 Å². The molecule has 4 heterocycles. The standard InChI is InChI=1S/C17H17N5O3S/c1-20-13-4-9-26-14(13)15(23)19-17(20)22-7-5-21(6-8-22)11-2-3-12(16(24)25)18-10-11/h2-4,9-10H,5-8H2,1H3,(H,24,25). The Balaban J connectivity index is 1.52. The number of aromatic nitrogens is 3. The molecule has 3 aromatic heterocycles. The Morgan fingerprint density at radius 2 is 1.88 bits per heavy atom. The number of piperazine rings is 1. The molecule has 0 atom stereocenters. The summed E-state index contributed by atoms with van der Waals surface area (Å²) in [6.07, 6.45) is 1.59. The minimum absolute atomic E-state index is 0.0376. The molecule has 26 heavy (non-hydrogen) atoms. The van der Waals surface area contributed by atoms with E-state index in [9.17, 15) is 9.59 Å². The number of anilines is 2. The van der Waals surface area contributed by atoms with Crippen LogP contribution in [0.1, 0.15) is 10.5 Å². The molecule has 0 saturated carbocycles. The summed E-state index contributed by atoms with van der Waals surface area (Å²) < 4.78 is 2.64. The molecule has 0 spiro atoms. The van der Waals surface area contributed by atoms with E-state index in [0.29, 0.717) is 10.6 Å². The molecule has 1 N–H and O–H groups in total. The topological polar surface area (TPSA) is 91.6 Å². The molecule has 9 heteroatoms. The number of carboxylic acids is 1. The van der Waals surface area contributed by atoms with E-state index < -0.39 is 5.97 Å². The SMILES string of the molecule is Cn1c(N2CCN(c3ccc(C(=O)O)nc3)CC2)nc(=O)c2sccc21. The fraction of sp³-hybridized carbons (Fsp3) is 0.294. The number of carbonyl (C=O) groups is 1. The van der Waals surface area contributed by atoms with E-state index in [4.69, 9.17) is 5.11 Å². The maximum atomic E-state index is 12.2. The maximum absolute atomic E-state index is 12.2. The van der Waals surface area contributed by atoms with Crippen LogP contribution in [0.5, 0.6) is 0 Å². The fourth-order valence-corrected chi connectivity index (χ4v) is 4.00. The van der Waals surface area contributed by atoms with Crippen molar-refractivity contribution in [3.63, 3.8) is 0 Å². The first-order valence-electron chi connectivity index (χ1n) is 8.18. The summed E-state index contributed by atoms with van der Waals surface area (Å²) in [5.41, 5.74) is 1.65. The number of aryl methyl sites for hydroxylation is 1. The molecule has 1 saturated heterocycles. The molecule has 0 aromatic carbocycles. The predicted octanol–water partition coefficient (Wildman–Crippen LogP) is 1.41. The highest BCUT2D eigenvalue weighted by molar-refractivity contribution is 7.17. The molecule has 0 aliphatic carbocycles. The van der Waals surface area contributed by atoms with Crippen molar-refractivity contribution in [2.24, 2.45) is 7.05 Å². The lowest BCUT2D eigenvalue weighted by Gasteiger charge is -2.37. The Kier molecular flexibility index (Phi) is 4.08. The van der Waals surface area contributed by atoms with Crippen LogP contribution in [-0.4, -0.2) is 51.8 Å². The van der Waals surface area contributed by atoms with Gasteiger partial charge in [0.25, 0.3) is 5.56 Å². The number of rotatable bonds is 3. The maximum Gasteiger partial charge on any atom is 0.354 e. The van der Waals surface area contributed by atoms with Crippen molar-refractivity contribution in [2.45, 2.75) is 0 Å². The number of hydrogen-bond acceptors (Lipinski definition) is 7. The molecule has 1 fully saturated rings. The Bertz CT molecular complexity index is 1020. The van der Waals surface area contributed by atoms with Gasteiger partial charge in [-0.15, -0.1) is 11.3 Å². The van der Waals surface area contributed by atoms with E-state index in [2.05, 4.69) is 19.8 Å². The van der Waals surface area contributed by atoms with Crippen molar-refractivity contribution in [1.29, 1.82) is 0 Å². The molecule has 0 amide bonds. The average molecular weight is 371 g/mol. The third kappa shape index (κ3) is 2.80. The van der Waals surface area contributed by atoms with Crippen molar-refractivity contribution in [1.82, 2.24) is 14.5 Å². The predicted molar refractivity (Wildman–Crippen MR) is 100 cm³/mol. The van der Waals surface area contributed by atoms with Gasteiger partial charge in [-0.05, 0) is 23.6 Å². The zero-order valence-electron chi connectivity index (χ0n) is 14.1. The Morgan fingerprint density at radius 1 is 1.15 bits per heavy atom. The summed E-state index contributed by atoms with van der Waals surface area (Å²) in [7, 11) is 1.93. The van der Waals surface area contributed by atoms with Crippen LogP contribution in [0.15, 0.2) is 34.6 Å². The quantitative estimate of drug-likeness (QED) is 0.744. The summed E-state index contributed by atoms with van der Waals surface area (Å²) >= 11 is 1.41. The number of hydrogen-bond donors (Lipinski definition) is 1. The number of fused-ring (bicyclic) bond motifs is 1. The molecule has 1 aliphatic heterocycles. The summed E-state index contributed by atoms with van der Waals surface area (Å²) in [6.45, 7) is 2.92. The highest BCUT2D eigenvalue weighted by Crippen LogP contribution is 2.22. The van der Waals surface area contributed by atoms with E-state index in [1.165, 1.54) is 17.4 Å². The van der Waals surface area contributed by atoms with Crippen LogP contribution in [0.25, 0.3) is 10.2 Å². The van der Waals surface area contributed by atoms with Crippen molar-refractivity contribution in [3.8, 4) is 0 Å². The van der Waals surface area contributed by atoms with E-state index in [1.807, 2.05) is 23.1 Å². The zero-order chi connectivity index (χ0) is 18.3. The molecule has 0 unspecified atom stereocenters. The zero-order valence-corrected chi connectivity index (χ0v) is 14.9. The third-order valence-corrected chi connectivity index (χ3v) is 5.49. The van der Waals surface area contributed by atoms with Crippen LogP contribution < -0.4 is 15.4 Å².